The maximum atomic E-state index is 13.5. The summed E-state index contributed by atoms with van der Waals surface area (Å²) in [5, 5.41) is 6.33. The predicted molar refractivity (Wildman–Crippen MR) is 125 cm³/mol. The average molecular weight is 497 g/mol. The van der Waals surface area contributed by atoms with Gasteiger partial charge in [-0.25, -0.2) is 0 Å². The third-order valence-corrected chi connectivity index (χ3v) is 5.95. The van der Waals surface area contributed by atoms with E-state index in [4.69, 9.17) is 8.94 Å². The normalized spacial score (nSPS) is 14.7. The van der Waals surface area contributed by atoms with E-state index in [2.05, 4.69) is 20.4 Å². The molecule has 1 N–H and O–H groups in total. The first-order valence-corrected chi connectivity index (χ1v) is 11.3. The van der Waals surface area contributed by atoms with Crippen LogP contribution in [0, 0.1) is 0 Å². The van der Waals surface area contributed by atoms with Crippen molar-refractivity contribution in [1.29, 1.82) is 0 Å². The average Bonchev–Trinajstić information content (AvgIpc) is 3.57. The highest BCUT2D eigenvalue weighted by Crippen LogP contribution is 2.36. The van der Waals surface area contributed by atoms with Gasteiger partial charge in [-0.2, -0.15) is 13.2 Å². The standard InChI is InChI=1S/C25H22F3N5O3/c26-25(27,28)18-1-2-21(33-13-11-32(12-14-33)16-19-7-10-30-36-19)20(15-18)31-24(34)23-4-3-22(35-23)17-5-8-29-9-6-17/h1-10,15H,11-14,16H2,(H,31,34). The number of nitrogens with zero attached hydrogens (tertiary/aromatic N) is 4. The molecule has 4 heterocycles. The number of carbonyl (C=O) groups excluding carboxylic acids is 1. The number of benzene rings is 1. The van der Waals surface area contributed by atoms with Gasteiger partial charge >= 0.3 is 6.18 Å². The summed E-state index contributed by atoms with van der Waals surface area (Å²) in [5.41, 5.74) is 0.464. The second-order valence-corrected chi connectivity index (χ2v) is 8.33. The summed E-state index contributed by atoms with van der Waals surface area (Å²) in [5.74, 6) is 0.548. The number of rotatable bonds is 6. The van der Waals surface area contributed by atoms with E-state index in [0.29, 0.717) is 44.2 Å². The van der Waals surface area contributed by atoms with Crippen LogP contribution in [0.25, 0.3) is 11.3 Å². The Kier molecular flexibility index (Phi) is 6.47. The number of hydrogen-bond donors (Lipinski definition) is 1. The molecule has 186 valence electrons. The number of halogens is 3. The Labute approximate surface area is 204 Å². The summed E-state index contributed by atoms with van der Waals surface area (Å²) in [7, 11) is 0. The van der Waals surface area contributed by atoms with E-state index >= 15 is 0 Å². The van der Waals surface area contributed by atoms with E-state index in [-0.39, 0.29) is 11.4 Å². The Hall–Kier alpha value is -4.12. The summed E-state index contributed by atoms with van der Waals surface area (Å²) in [6, 6.07) is 11.8. The monoisotopic (exact) mass is 497 g/mol. The summed E-state index contributed by atoms with van der Waals surface area (Å²) < 4.78 is 51.2. The molecular formula is C25H22F3N5O3. The van der Waals surface area contributed by atoms with Crippen LogP contribution in [0.4, 0.5) is 24.5 Å². The van der Waals surface area contributed by atoms with Gasteiger partial charge in [0.25, 0.3) is 5.91 Å². The molecule has 1 aromatic carbocycles. The zero-order valence-electron chi connectivity index (χ0n) is 19.0. The van der Waals surface area contributed by atoms with Gasteiger partial charge in [0, 0.05) is 50.2 Å². The molecule has 0 atom stereocenters. The lowest BCUT2D eigenvalue weighted by atomic mass is 10.1. The Morgan fingerprint density at radius 3 is 2.44 bits per heavy atom. The van der Waals surface area contributed by atoms with Crippen LogP contribution in [0.2, 0.25) is 0 Å². The molecule has 5 rings (SSSR count). The van der Waals surface area contributed by atoms with Crippen LogP contribution in [0.5, 0.6) is 0 Å². The van der Waals surface area contributed by atoms with Crippen molar-refractivity contribution in [2.24, 2.45) is 0 Å². The number of amides is 1. The number of furan rings is 1. The topological polar surface area (TPSA) is 87.6 Å². The van der Waals surface area contributed by atoms with Gasteiger partial charge in [-0.3, -0.25) is 14.7 Å². The highest BCUT2D eigenvalue weighted by molar-refractivity contribution is 6.04. The first-order chi connectivity index (χ1) is 17.4. The Balaban J connectivity index is 1.34. The quantitative estimate of drug-likeness (QED) is 0.405. The van der Waals surface area contributed by atoms with Gasteiger partial charge in [-0.15, -0.1) is 0 Å². The number of piperazine rings is 1. The first-order valence-electron chi connectivity index (χ1n) is 11.3. The smallest absolute Gasteiger partial charge is 0.416 e. The van der Waals surface area contributed by atoms with Crippen LogP contribution in [0.3, 0.4) is 0 Å². The fourth-order valence-corrected chi connectivity index (χ4v) is 4.09. The molecule has 1 saturated heterocycles. The molecule has 3 aromatic heterocycles. The van der Waals surface area contributed by atoms with Crippen LogP contribution in [0.1, 0.15) is 21.9 Å². The van der Waals surface area contributed by atoms with E-state index in [0.717, 1.165) is 23.5 Å². The zero-order chi connectivity index (χ0) is 25.1. The van der Waals surface area contributed by atoms with Gasteiger partial charge in [-0.05, 0) is 42.5 Å². The Bertz CT molecular complexity index is 1310. The number of alkyl halides is 3. The number of pyridine rings is 1. The molecule has 11 heteroatoms. The molecule has 0 bridgehead atoms. The molecule has 1 aliphatic rings. The van der Waals surface area contributed by atoms with Crippen LogP contribution >= 0.6 is 0 Å². The van der Waals surface area contributed by atoms with Crippen molar-refractivity contribution in [2.45, 2.75) is 12.7 Å². The predicted octanol–water partition coefficient (Wildman–Crippen LogP) is 4.92. The van der Waals surface area contributed by atoms with Gasteiger partial charge in [0.15, 0.2) is 11.5 Å². The third kappa shape index (κ3) is 5.25. The molecule has 1 aliphatic heterocycles. The van der Waals surface area contributed by atoms with E-state index in [1.165, 1.54) is 12.1 Å². The number of anilines is 2. The molecule has 0 spiro atoms. The van der Waals surface area contributed by atoms with E-state index in [1.807, 2.05) is 4.90 Å². The summed E-state index contributed by atoms with van der Waals surface area (Å²) in [6.07, 6.45) is 0.226. The lowest BCUT2D eigenvalue weighted by molar-refractivity contribution is -0.137. The number of aromatic nitrogens is 2. The molecule has 0 radical (unpaired) electrons. The summed E-state index contributed by atoms with van der Waals surface area (Å²) in [6.45, 7) is 3.07. The van der Waals surface area contributed by atoms with E-state index in [1.54, 1.807) is 42.9 Å². The summed E-state index contributed by atoms with van der Waals surface area (Å²) in [4.78, 5) is 21.0. The second kappa shape index (κ2) is 9.86. The van der Waals surface area contributed by atoms with Gasteiger partial charge in [-0.1, -0.05) is 5.16 Å². The minimum absolute atomic E-state index is 0.0120. The third-order valence-electron chi connectivity index (χ3n) is 5.95. The zero-order valence-corrected chi connectivity index (χ0v) is 19.0. The molecule has 4 aromatic rings. The Morgan fingerprint density at radius 2 is 1.75 bits per heavy atom. The molecule has 0 saturated carbocycles. The van der Waals surface area contributed by atoms with Crippen molar-refractivity contribution in [3.63, 3.8) is 0 Å². The highest BCUT2D eigenvalue weighted by atomic mass is 19.4. The van der Waals surface area contributed by atoms with Crippen LogP contribution < -0.4 is 10.2 Å². The lowest BCUT2D eigenvalue weighted by Crippen LogP contribution is -2.46. The van der Waals surface area contributed by atoms with Crippen LogP contribution in [0.15, 0.2) is 76.1 Å². The van der Waals surface area contributed by atoms with Gasteiger partial charge in [0.2, 0.25) is 0 Å². The Morgan fingerprint density at radius 1 is 0.972 bits per heavy atom. The number of nitrogens with one attached hydrogen (secondary N) is 1. The maximum Gasteiger partial charge on any atom is 0.416 e. The highest BCUT2D eigenvalue weighted by Gasteiger charge is 2.32. The molecule has 0 aliphatic carbocycles. The van der Waals surface area contributed by atoms with Crippen molar-refractivity contribution in [3.8, 4) is 11.3 Å². The van der Waals surface area contributed by atoms with E-state index in [9.17, 15) is 18.0 Å². The van der Waals surface area contributed by atoms with Crippen molar-refractivity contribution >= 4 is 17.3 Å². The second-order valence-electron chi connectivity index (χ2n) is 8.33. The molecular weight excluding hydrogens is 475 g/mol. The first kappa shape index (κ1) is 23.6. The SMILES string of the molecule is O=C(Nc1cc(C(F)(F)F)ccc1N1CCN(Cc2ccno2)CC1)c1ccc(-c2ccncc2)o1. The van der Waals surface area contributed by atoms with E-state index < -0.39 is 17.6 Å². The maximum absolute atomic E-state index is 13.5. The van der Waals surface area contributed by atoms with Gasteiger partial charge < -0.3 is 19.2 Å². The van der Waals surface area contributed by atoms with Crippen molar-refractivity contribution in [3.05, 3.63) is 84.2 Å². The number of hydrogen-bond acceptors (Lipinski definition) is 7. The van der Waals surface area contributed by atoms with Gasteiger partial charge in [0.05, 0.1) is 29.7 Å². The fourth-order valence-electron chi connectivity index (χ4n) is 4.09. The van der Waals surface area contributed by atoms with Gasteiger partial charge in [0.1, 0.15) is 5.76 Å². The van der Waals surface area contributed by atoms with Crippen LogP contribution in [-0.4, -0.2) is 47.1 Å². The molecule has 8 nitrogen and oxygen atoms in total. The molecule has 1 fully saturated rings. The van der Waals surface area contributed by atoms with Crippen molar-refractivity contribution in [2.75, 3.05) is 36.4 Å². The van der Waals surface area contributed by atoms with Crippen molar-refractivity contribution in [1.82, 2.24) is 15.0 Å². The fraction of sp³-hybridized carbons (Fsp3) is 0.240. The van der Waals surface area contributed by atoms with Crippen molar-refractivity contribution < 1.29 is 26.9 Å². The molecule has 1 amide bonds. The molecule has 0 unspecified atom stereocenters. The minimum Gasteiger partial charge on any atom is -0.451 e. The number of carbonyl (C=O) groups is 1. The minimum atomic E-state index is -4.55. The molecule has 36 heavy (non-hydrogen) atoms. The summed E-state index contributed by atoms with van der Waals surface area (Å²) >= 11 is 0. The van der Waals surface area contributed by atoms with Crippen LogP contribution in [-0.2, 0) is 12.7 Å². The largest absolute Gasteiger partial charge is 0.451 e. The lowest BCUT2D eigenvalue weighted by Gasteiger charge is -2.36.